The summed E-state index contributed by atoms with van der Waals surface area (Å²) in [4.78, 5) is 13.7. The number of hydrogen-bond donors (Lipinski definition) is 1. The van der Waals surface area contributed by atoms with Crippen LogP contribution in [0.25, 0.3) is 0 Å². The SMILES string of the molecule is CN(C(=O)C1CC1)C1CCNCC1. The monoisotopic (exact) mass is 182 g/mol. The predicted molar refractivity (Wildman–Crippen MR) is 51.4 cm³/mol. The minimum absolute atomic E-state index is 0.375. The van der Waals surface area contributed by atoms with Crippen LogP contribution in [0.3, 0.4) is 0 Å². The van der Waals surface area contributed by atoms with Gasteiger partial charge >= 0.3 is 0 Å². The van der Waals surface area contributed by atoms with Crippen molar-refractivity contribution in [3.63, 3.8) is 0 Å². The molecule has 0 spiro atoms. The Labute approximate surface area is 79.5 Å². The fraction of sp³-hybridized carbons (Fsp3) is 0.900. The van der Waals surface area contributed by atoms with Gasteiger partial charge in [-0.15, -0.1) is 0 Å². The summed E-state index contributed by atoms with van der Waals surface area (Å²) in [5, 5.41) is 3.32. The highest BCUT2D eigenvalue weighted by atomic mass is 16.2. The quantitative estimate of drug-likeness (QED) is 0.678. The molecule has 2 aliphatic rings. The van der Waals surface area contributed by atoms with Crippen molar-refractivity contribution in [3.05, 3.63) is 0 Å². The second-order valence-corrected chi connectivity index (χ2v) is 4.20. The lowest BCUT2D eigenvalue weighted by molar-refractivity contribution is -0.133. The molecule has 1 aliphatic heterocycles. The van der Waals surface area contributed by atoms with E-state index in [0.29, 0.717) is 17.9 Å². The maximum absolute atomic E-state index is 11.7. The predicted octanol–water partition coefficient (Wildman–Crippen LogP) is 0.607. The van der Waals surface area contributed by atoms with E-state index in [1.165, 1.54) is 0 Å². The molecular weight excluding hydrogens is 164 g/mol. The molecule has 3 heteroatoms. The topological polar surface area (TPSA) is 32.3 Å². The second-order valence-electron chi connectivity index (χ2n) is 4.20. The summed E-state index contributed by atoms with van der Waals surface area (Å²) < 4.78 is 0. The van der Waals surface area contributed by atoms with Crippen LogP contribution in [-0.4, -0.2) is 37.0 Å². The van der Waals surface area contributed by atoms with Crippen molar-refractivity contribution in [2.45, 2.75) is 31.7 Å². The molecule has 1 heterocycles. The molecule has 1 amide bonds. The summed E-state index contributed by atoms with van der Waals surface area (Å²) in [5.74, 6) is 0.756. The van der Waals surface area contributed by atoms with E-state index < -0.39 is 0 Å². The van der Waals surface area contributed by atoms with Gasteiger partial charge in [-0.25, -0.2) is 0 Å². The first-order valence-corrected chi connectivity index (χ1v) is 5.26. The Morgan fingerprint density at radius 3 is 2.38 bits per heavy atom. The zero-order valence-corrected chi connectivity index (χ0v) is 8.25. The van der Waals surface area contributed by atoms with Crippen LogP contribution in [-0.2, 0) is 4.79 Å². The molecular formula is C10H18N2O. The van der Waals surface area contributed by atoms with E-state index in [1.807, 2.05) is 11.9 Å². The van der Waals surface area contributed by atoms with Gasteiger partial charge in [-0.1, -0.05) is 0 Å². The molecule has 2 fully saturated rings. The number of rotatable bonds is 2. The minimum atomic E-state index is 0.375. The fourth-order valence-corrected chi connectivity index (χ4v) is 1.99. The fourth-order valence-electron chi connectivity index (χ4n) is 1.99. The Balaban J connectivity index is 1.86. The third-order valence-electron chi connectivity index (χ3n) is 3.13. The summed E-state index contributed by atoms with van der Waals surface area (Å²) in [6, 6.07) is 0.495. The first kappa shape index (κ1) is 9.00. The molecule has 1 saturated heterocycles. The van der Waals surface area contributed by atoms with Crippen molar-refractivity contribution < 1.29 is 4.79 Å². The standard InChI is InChI=1S/C10H18N2O/c1-12(10(13)8-2-3-8)9-4-6-11-7-5-9/h8-9,11H,2-7H2,1H3. The lowest BCUT2D eigenvalue weighted by Gasteiger charge is -2.31. The molecule has 0 unspecified atom stereocenters. The van der Waals surface area contributed by atoms with Crippen LogP contribution in [0.2, 0.25) is 0 Å². The van der Waals surface area contributed by atoms with E-state index >= 15 is 0 Å². The average molecular weight is 182 g/mol. The van der Waals surface area contributed by atoms with Crippen LogP contribution in [0.1, 0.15) is 25.7 Å². The van der Waals surface area contributed by atoms with Gasteiger partial charge in [0.25, 0.3) is 0 Å². The number of carbonyl (C=O) groups is 1. The Bertz CT molecular complexity index is 195. The van der Waals surface area contributed by atoms with Crippen molar-refractivity contribution in [1.29, 1.82) is 0 Å². The number of carbonyl (C=O) groups excluding carboxylic acids is 1. The number of piperidine rings is 1. The molecule has 2 rings (SSSR count). The van der Waals surface area contributed by atoms with E-state index in [-0.39, 0.29) is 0 Å². The van der Waals surface area contributed by atoms with E-state index in [2.05, 4.69) is 5.32 Å². The smallest absolute Gasteiger partial charge is 0.225 e. The molecule has 0 radical (unpaired) electrons. The molecule has 3 nitrogen and oxygen atoms in total. The van der Waals surface area contributed by atoms with Crippen molar-refractivity contribution in [1.82, 2.24) is 10.2 Å². The number of nitrogens with one attached hydrogen (secondary N) is 1. The van der Waals surface area contributed by atoms with Crippen molar-refractivity contribution in [2.75, 3.05) is 20.1 Å². The van der Waals surface area contributed by atoms with Gasteiger partial charge < -0.3 is 10.2 Å². The molecule has 1 N–H and O–H groups in total. The van der Waals surface area contributed by atoms with Gasteiger partial charge in [-0.3, -0.25) is 4.79 Å². The normalized spacial score (nSPS) is 24.4. The summed E-state index contributed by atoms with van der Waals surface area (Å²) in [7, 11) is 1.97. The molecule has 0 aromatic rings. The summed E-state index contributed by atoms with van der Waals surface area (Å²) in [6.45, 7) is 2.12. The summed E-state index contributed by atoms with van der Waals surface area (Å²) >= 11 is 0. The Kier molecular flexibility index (Phi) is 2.54. The highest BCUT2D eigenvalue weighted by molar-refractivity contribution is 5.81. The van der Waals surface area contributed by atoms with Gasteiger partial charge in [-0.05, 0) is 38.8 Å². The Hall–Kier alpha value is -0.570. The largest absolute Gasteiger partial charge is 0.342 e. The summed E-state index contributed by atoms with van der Waals surface area (Å²) in [5.41, 5.74) is 0. The van der Waals surface area contributed by atoms with E-state index in [9.17, 15) is 4.79 Å². The molecule has 0 atom stereocenters. The van der Waals surface area contributed by atoms with Crippen molar-refractivity contribution in [2.24, 2.45) is 5.92 Å². The van der Waals surface area contributed by atoms with Crippen LogP contribution in [0, 0.1) is 5.92 Å². The third-order valence-corrected chi connectivity index (χ3v) is 3.13. The maximum Gasteiger partial charge on any atom is 0.225 e. The van der Waals surface area contributed by atoms with Crippen LogP contribution in [0.15, 0.2) is 0 Å². The second kappa shape index (κ2) is 3.66. The van der Waals surface area contributed by atoms with Gasteiger partial charge in [0.15, 0.2) is 0 Å². The molecule has 1 saturated carbocycles. The number of nitrogens with zero attached hydrogens (tertiary/aromatic N) is 1. The highest BCUT2D eigenvalue weighted by Crippen LogP contribution is 2.31. The molecule has 74 valence electrons. The van der Waals surface area contributed by atoms with E-state index in [0.717, 1.165) is 38.8 Å². The Morgan fingerprint density at radius 1 is 1.23 bits per heavy atom. The van der Waals surface area contributed by atoms with Crippen molar-refractivity contribution >= 4 is 5.91 Å². The Morgan fingerprint density at radius 2 is 1.85 bits per heavy atom. The zero-order valence-electron chi connectivity index (χ0n) is 8.25. The maximum atomic E-state index is 11.7. The van der Waals surface area contributed by atoms with Gasteiger partial charge in [0.2, 0.25) is 5.91 Å². The first-order valence-electron chi connectivity index (χ1n) is 5.26. The van der Waals surface area contributed by atoms with E-state index in [4.69, 9.17) is 0 Å². The molecule has 0 aromatic carbocycles. The molecule has 0 bridgehead atoms. The average Bonchev–Trinajstić information content (AvgIpc) is 3.00. The van der Waals surface area contributed by atoms with Crippen LogP contribution in [0.4, 0.5) is 0 Å². The van der Waals surface area contributed by atoms with Gasteiger partial charge in [0.05, 0.1) is 0 Å². The summed E-state index contributed by atoms with van der Waals surface area (Å²) in [6.07, 6.45) is 4.48. The number of hydrogen-bond acceptors (Lipinski definition) is 2. The first-order chi connectivity index (χ1) is 6.29. The lowest BCUT2D eigenvalue weighted by Crippen LogP contribution is -2.44. The zero-order chi connectivity index (χ0) is 9.26. The third kappa shape index (κ3) is 2.02. The number of amides is 1. The molecule has 0 aromatic heterocycles. The molecule has 1 aliphatic carbocycles. The molecule has 13 heavy (non-hydrogen) atoms. The minimum Gasteiger partial charge on any atom is -0.342 e. The van der Waals surface area contributed by atoms with Crippen LogP contribution >= 0.6 is 0 Å². The van der Waals surface area contributed by atoms with Crippen LogP contribution < -0.4 is 5.32 Å². The highest BCUT2D eigenvalue weighted by Gasteiger charge is 2.34. The van der Waals surface area contributed by atoms with Gasteiger partial charge in [0.1, 0.15) is 0 Å². The van der Waals surface area contributed by atoms with Crippen LogP contribution in [0.5, 0.6) is 0 Å². The van der Waals surface area contributed by atoms with Gasteiger partial charge in [-0.2, -0.15) is 0 Å². The van der Waals surface area contributed by atoms with Crippen molar-refractivity contribution in [3.8, 4) is 0 Å². The lowest BCUT2D eigenvalue weighted by atomic mass is 10.1. The van der Waals surface area contributed by atoms with Gasteiger partial charge in [0, 0.05) is 19.0 Å². The van der Waals surface area contributed by atoms with E-state index in [1.54, 1.807) is 0 Å².